The van der Waals surface area contributed by atoms with Crippen LogP contribution in [0.2, 0.25) is 5.02 Å². The molecule has 0 unspecified atom stereocenters. The van der Waals surface area contributed by atoms with Crippen molar-refractivity contribution in [2.45, 2.75) is 62.4 Å². The van der Waals surface area contributed by atoms with Gasteiger partial charge in [0.1, 0.15) is 5.82 Å². The van der Waals surface area contributed by atoms with Crippen LogP contribution in [0.1, 0.15) is 61.0 Å². The molecule has 29 heavy (non-hydrogen) atoms. The Balaban J connectivity index is 1.54. The standard InChI is InChI=1S/C23H26ClFN2O2/c24-16-4-7-19(20(25)15-16)22(29)27(17-5-6-17)18-8-10-23(11-9-18,12-14-28)21-3-1-2-13-26-21/h1-4,7,13,15,17-18,28H,5-6,8-12,14H2. The monoisotopic (exact) mass is 416 g/mol. The van der Waals surface area contributed by atoms with E-state index in [1.807, 2.05) is 23.1 Å². The molecule has 0 bridgehead atoms. The van der Waals surface area contributed by atoms with E-state index < -0.39 is 5.82 Å². The molecule has 6 heteroatoms. The van der Waals surface area contributed by atoms with Crippen molar-refractivity contribution in [3.63, 3.8) is 0 Å². The molecule has 1 N–H and O–H groups in total. The summed E-state index contributed by atoms with van der Waals surface area (Å²) in [6.07, 6.45) is 7.77. The summed E-state index contributed by atoms with van der Waals surface area (Å²) < 4.78 is 14.4. The first-order chi connectivity index (χ1) is 14.0. The minimum Gasteiger partial charge on any atom is -0.396 e. The van der Waals surface area contributed by atoms with Crippen LogP contribution in [-0.4, -0.2) is 39.6 Å². The van der Waals surface area contributed by atoms with Crippen molar-refractivity contribution in [1.82, 2.24) is 9.88 Å². The second-order valence-corrected chi connectivity index (χ2v) is 8.70. The van der Waals surface area contributed by atoms with Gasteiger partial charge in [0, 0.05) is 41.0 Å². The van der Waals surface area contributed by atoms with Crippen LogP contribution < -0.4 is 0 Å². The Hall–Kier alpha value is -1.98. The minimum atomic E-state index is -0.563. The normalized spacial score (nSPS) is 24.3. The minimum absolute atomic E-state index is 0.0839. The van der Waals surface area contributed by atoms with Gasteiger partial charge in [-0.1, -0.05) is 17.7 Å². The van der Waals surface area contributed by atoms with Crippen LogP contribution in [0.4, 0.5) is 4.39 Å². The van der Waals surface area contributed by atoms with Crippen LogP contribution in [0.25, 0.3) is 0 Å². The van der Waals surface area contributed by atoms with Gasteiger partial charge >= 0.3 is 0 Å². The Morgan fingerprint density at radius 2 is 1.90 bits per heavy atom. The molecule has 154 valence electrons. The largest absolute Gasteiger partial charge is 0.396 e. The number of aliphatic hydroxyl groups is 1. The fraction of sp³-hybridized carbons (Fsp3) is 0.478. The zero-order valence-corrected chi connectivity index (χ0v) is 17.1. The SMILES string of the molecule is O=C(c1ccc(Cl)cc1F)N(C1CC1)C1CCC(CCO)(c2ccccn2)CC1. The van der Waals surface area contributed by atoms with E-state index in [4.69, 9.17) is 11.6 Å². The quantitative estimate of drug-likeness (QED) is 0.739. The summed E-state index contributed by atoms with van der Waals surface area (Å²) in [5.41, 5.74) is 0.954. The number of carbonyl (C=O) groups excluding carboxylic acids is 1. The van der Waals surface area contributed by atoms with Gasteiger partial charge in [-0.15, -0.1) is 0 Å². The molecule has 1 heterocycles. The third-order valence-corrected chi connectivity index (χ3v) is 6.68. The van der Waals surface area contributed by atoms with Crippen molar-refractivity contribution >= 4 is 17.5 Å². The van der Waals surface area contributed by atoms with E-state index in [0.29, 0.717) is 11.4 Å². The Kier molecular flexibility index (Phi) is 5.88. The highest BCUT2D eigenvalue weighted by molar-refractivity contribution is 6.30. The van der Waals surface area contributed by atoms with Crippen molar-refractivity contribution in [3.8, 4) is 0 Å². The van der Waals surface area contributed by atoms with Gasteiger partial charge < -0.3 is 10.0 Å². The molecule has 1 aromatic heterocycles. The highest BCUT2D eigenvalue weighted by Crippen LogP contribution is 2.44. The van der Waals surface area contributed by atoms with Crippen LogP contribution in [0, 0.1) is 5.82 Å². The van der Waals surface area contributed by atoms with Gasteiger partial charge in [0.2, 0.25) is 0 Å². The summed E-state index contributed by atoms with van der Waals surface area (Å²) in [5, 5.41) is 9.95. The van der Waals surface area contributed by atoms with Crippen molar-refractivity contribution in [1.29, 1.82) is 0 Å². The van der Waals surface area contributed by atoms with Crippen LogP contribution >= 0.6 is 11.6 Å². The summed E-state index contributed by atoms with van der Waals surface area (Å²) in [4.78, 5) is 19.7. The fourth-order valence-electron chi connectivity index (χ4n) is 4.74. The lowest BCUT2D eigenvalue weighted by Crippen LogP contribution is -2.47. The molecule has 2 aliphatic rings. The van der Waals surface area contributed by atoms with E-state index >= 15 is 0 Å². The Morgan fingerprint density at radius 3 is 2.48 bits per heavy atom. The highest BCUT2D eigenvalue weighted by atomic mass is 35.5. The third kappa shape index (κ3) is 4.17. The average molecular weight is 417 g/mol. The van der Waals surface area contributed by atoms with Crippen LogP contribution in [-0.2, 0) is 5.41 Å². The first-order valence-corrected chi connectivity index (χ1v) is 10.7. The molecule has 4 rings (SSSR count). The molecule has 1 aromatic carbocycles. The maximum absolute atomic E-state index is 14.4. The number of aliphatic hydroxyl groups excluding tert-OH is 1. The predicted molar refractivity (Wildman–Crippen MR) is 110 cm³/mol. The van der Waals surface area contributed by atoms with Crippen molar-refractivity contribution in [3.05, 3.63) is 64.7 Å². The molecule has 0 saturated heterocycles. The van der Waals surface area contributed by atoms with Crippen LogP contribution in [0.5, 0.6) is 0 Å². The predicted octanol–water partition coefficient (Wildman–Crippen LogP) is 4.74. The molecular weight excluding hydrogens is 391 g/mol. The molecule has 2 aromatic rings. The zero-order chi connectivity index (χ0) is 20.4. The molecule has 0 radical (unpaired) electrons. The molecule has 1 amide bonds. The Labute approximate surface area is 175 Å². The molecular formula is C23H26ClFN2O2. The summed E-state index contributed by atoms with van der Waals surface area (Å²) in [7, 11) is 0. The molecule has 0 atom stereocenters. The maximum Gasteiger partial charge on any atom is 0.257 e. The maximum atomic E-state index is 14.4. The number of hydrogen-bond donors (Lipinski definition) is 1. The van der Waals surface area contributed by atoms with Gasteiger partial charge in [-0.25, -0.2) is 4.39 Å². The van der Waals surface area contributed by atoms with Gasteiger partial charge in [0.25, 0.3) is 5.91 Å². The Morgan fingerprint density at radius 1 is 1.17 bits per heavy atom. The van der Waals surface area contributed by atoms with Crippen molar-refractivity contribution in [2.75, 3.05) is 6.61 Å². The van der Waals surface area contributed by atoms with Crippen LogP contribution in [0.15, 0.2) is 42.6 Å². The van der Waals surface area contributed by atoms with E-state index in [2.05, 4.69) is 4.98 Å². The molecule has 2 fully saturated rings. The van der Waals surface area contributed by atoms with Gasteiger partial charge in [0.05, 0.1) is 5.56 Å². The summed E-state index contributed by atoms with van der Waals surface area (Å²) in [6.45, 7) is 0.114. The van der Waals surface area contributed by atoms with E-state index in [0.717, 1.165) is 44.2 Å². The second-order valence-electron chi connectivity index (χ2n) is 8.27. The number of hydrogen-bond acceptors (Lipinski definition) is 3. The van der Waals surface area contributed by atoms with E-state index in [-0.39, 0.29) is 35.6 Å². The fourth-order valence-corrected chi connectivity index (χ4v) is 4.90. The number of halogens is 2. The summed E-state index contributed by atoms with van der Waals surface area (Å²) >= 11 is 5.85. The van der Waals surface area contributed by atoms with Crippen molar-refractivity contribution in [2.24, 2.45) is 0 Å². The van der Waals surface area contributed by atoms with Gasteiger partial charge in [0.15, 0.2) is 0 Å². The summed E-state index contributed by atoms with van der Waals surface area (Å²) in [5.74, 6) is -0.800. The molecule has 2 saturated carbocycles. The second kappa shape index (κ2) is 8.41. The Bertz CT molecular complexity index is 864. The molecule has 2 aliphatic carbocycles. The van der Waals surface area contributed by atoms with E-state index in [9.17, 15) is 14.3 Å². The van der Waals surface area contributed by atoms with Crippen molar-refractivity contribution < 1.29 is 14.3 Å². The number of nitrogens with zero attached hydrogens (tertiary/aromatic N) is 2. The van der Waals surface area contributed by atoms with E-state index in [1.54, 1.807) is 12.3 Å². The number of amides is 1. The first-order valence-electron chi connectivity index (χ1n) is 10.3. The number of rotatable bonds is 6. The number of carbonyl (C=O) groups is 1. The molecule has 0 spiro atoms. The lowest BCUT2D eigenvalue weighted by molar-refractivity contribution is 0.0544. The smallest absolute Gasteiger partial charge is 0.257 e. The van der Waals surface area contributed by atoms with Gasteiger partial charge in [-0.2, -0.15) is 0 Å². The summed E-state index contributed by atoms with van der Waals surface area (Å²) in [6, 6.07) is 10.5. The lowest BCUT2D eigenvalue weighted by atomic mass is 9.68. The third-order valence-electron chi connectivity index (χ3n) is 6.44. The van der Waals surface area contributed by atoms with E-state index in [1.165, 1.54) is 12.1 Å². The number of aromatic nitrogens is 1. The topological polar surface area (TPSA) is 53.4 Å². The number of benzene rings is 1. The zero-order valence-electron chi connectivity index (χ0n) is 16.4. The highest BCUT2D eigenvalue weighted by Gasteiger charge is 2.44. The van der Waals surface area contributed by atoms with Crippen LogP contribution in [0.3, 0.4) is 0 Å². The molecule has 4 nitrogen and oxygen atoms in total. The average Bonchev–Trinajstić information content (AvgIpc) is 3.55. The first kappa shape index (κ1) is 20.3. The molecule has 0 aliphatic heterocycles. The lowest BCUT2D eigenvalue weighted by Gasteiger charge is -2.43. The number of pyridine rings is 1. The van der Waals surface area contributed by atoms with Gasteiger partial charge in [-0.05, 0) is 75.3 Å². The van der Waals surface area contributed by atoms with Gasteiger partial charge in [-0.3, -0.25) is 9.78 Å².